The highest BCUT2D eigenvalue weighted by Gasteiger charge is 2.31. The van der Waals surface area contributed by atoms with Gasteiger partial charge in [-0.05, 0) is 12.0 Å². The number of hydrogen-bond donors (Lipinski definition) is 1. The van der Waals surface area contributed by atoms with Gasteiger partial charge in [-0.2, -0.15) is 5.06 Å². The molecule has 1 aliphatic rings. The summed E-state index contributed by atoms with van der Waals surface area (Å²) in [6, 6.07) is 10.5. The summed E-state index contributed by atoms with van der Waals surface area (Å²) >= 11 is 0. The molecule has 1 saturated heterocycles. The zero-order valence-corrected chi connectivity index (χ0v) is 8.26. The Morgan fingerprint density at radius 2 is 2.14 bits per heavy atom. The van der Waals surface area contributed by atoms with Gasteiger partial charge in [0, 0.05) is 7.05 Å². The molecule has 0 saturated carbocycles. The smallest absolute Gasteiger partial charge is 0.104 e. The Morgan fingerprint density at radius 1 is 1.43 bits per heavy atom. The van der Waals surface area contributed by atoms with E-state index in [1.165, 1.54) is 5.56 Å². The molecule has 0 radical (unpaired) electrons. The number of rotatable bonds is 2. The molecule has 0 aliphatic carbocycles. The summed E-state index contributed by atoms with van der Waals surface area (Å²) in [4.78, 5) is 5.46. The van der Waals surface area contributed by atoms with Crippen LogP contribution in [0, 0.1) is 0 Å². The molecule has 1 N–H and O–H groups in total. The molecule has 0 unspecified atom stereocenters. The molecule has 0 aromatic heterocycles. The van der Waals surface area contributed by atoms with Gasteiger partial charge in [0.15, 0.2) is 0 Å². The first-order chi connectivity index (χ1) is 6.81. The first kappa shape index (κ1) is 9.65. The summed E-state index contributed by atoms with van der Waals surface area (Å²) < 4.78 is 0. The normalized spacial score (nSPS) is 28.1. The second-order valence-electron chi connectivity index (χ2n) is 3.62. The molecule has 1 fully saturated rings. The lowest BCUT2D eigenvalue weighted by Gasteiger charge is -2.17. The van der Waals surface area contributed by atoms with Crippen molar-refractivity contribution < 1.29 is 9.94 Å². The summed E-state index contributed by atoms with van der Waals surface area (Å²) in [6.07, 6.45) is 0.807. The van der Waals surface area contributed by atoms with E-state index in [4.69, 9.17) is 9.94 Å². The van der Waals surface area contributed by atoms with Crippen molar-refractivity contribution >= 4 is 0 Å². The second-order valence-corrected chi connectivity index (χ2v) is 3.62. The molecule has 0 bridgehead atoms. The van der Waals surface area contributed by atoms with Gasteiger partial charge in [-0.25, -0.2) is 0 Å². The molecule has 3 nitrogen and oxygen atoms in total. The van der Waals surface area contributed by atoms with E-state index >= 15 is 0 Å². The summed E-state index contributed by atoms with van der Waals surface area (Å²) in [5.41, 5.74) is 1.24. The maximum absolute atomic E-state index is 9.00. The third-order valence-electron chi connectivity index (χ3n) is 2.63. The van der Waals surface area contributed by atoms with Gasteiger partial charge in [-0.3, -0.25) is 4.84 Å². The van der Waals surface area contributed by atoms with Crippen LogP contribution in [0.5, 0.6) is 0 Å². The van der Waals surface area contributed by atoms with Crippen LogP contribution >= 0.6 is 0 Å². The van der Waals surface area contributed by atoms with E-state index in [2.05, 4.69) is 12.1 Å². The molecule has 1 aromatic carbocycles. The Hall–Kier alpha value is -0.900. The summed E-state index contributed by atoms with van der Waals surface area (Å²) in [6.45, 7) is 0.0909. The van der Waals surface area contributed by atoms with Crippen LogP contribution in [0.2, 0.25) is 0 Å². The van der Waals surface area contributed by atoms with E-state index in [0.29, 0.717) is 0 Å². The van der Waals surface area contributed by atoms with Gasteiger partial charge in [0.1, 0.15) is 6.10 Å². The standard InChI is InChI=1S/C11H15NO2/c1-12-11(7-10(8-13)14-12)9-5-3-2-4-6-9/h2-6,10-11,13H,7-8H2,1H3/t10-,11+/m1/s1. The minimum Gasteiger partial charge on any atom is -0.394 e. The van der Waals surface area contributed by atoms with E-state index in [0.717, 1.165) is 6.42 Å². The van der Waals surface area contributed by atoms with Crippen LogP contribution in [0.3, 0.4) is 0 Å². The van der Waals surface area contributed by atoms with Crippen molar-refractivity contribution in [2.75, 3.05) is 13.7 Å². The molecule has 76 valence electrons. The zero-order valence-electron chi connectivity index (χ0n) is 8.26. The summed E-state index contributed by atoms with van der Waals surface area (Å²) in [5.74, 6) is 0. The monoisotopic (exact) mass is 193 g/mol. The van der Waals surface area contributed by atoms with Gasteiger partial charge in [0.25, 0.3) is 0 Å². The molecule has 2 rings (SSSR count). The Bertz CT molecular complexity index is 289. The van der Waals surface area contributed by atoms with E-state index in [9.17, 15) is 0 Å². The molecule has 14 heavy (non-hydrogen) atoms. The van der Waals surface area contributed by atoms with Crippen molar-refractivity contribution in [1.29, 1.82) is 0 Å². The predicted octanol–water partition coefficient (Wildman–Crippen LogP) is 1.36. The van der Waals surface area contributed by atoms with Crippen LogP contribution in [-0.4, -0.2) is 29.9 Å². The van der Waals surface area contributed by atoms with Crippen LogP contribution in [0.15, 0.2) is 30.3 Å². The van der Waals surface area contributed by atoms with Crippen molar-refractivity contribution in [1.82, 2.24) is 5.06 Å². The van der Waals surface area contributed by atoms with Crippen molar-refractivity contribution in [3.05, 3.63) is 35.9 Å². The van der Waals surface area contributed by atoms with Gasteiger partial charge in [0.2, 0.25) is 0 Å². The first-order valence-electron chi connectivity index (χ1n) is 4.86. The molecule has 0 spiro atoms. The average Bonchev–Trinajstić information content (AvgIpc) is 2.61. The Kier molecular flexibility index (Phi) is 2.82. The van der Waals surface area contributed by atoms with E-state index in [-0.39, 0.29) is 18.8 Å². The van der Waals surface area contributed by atoms with E-state index < -0.39 is 0 Å². The molecular weight excluding hydrogens is 178 g/mol. The number of hydrogen-bond acceptors (Lipinski definition) is 3. The van der Waals surface area contributed by atoms with Gasteiger partial charge < -0.3 is 5.11 Å². The molecule has 3 heteroatoms. The molecule has 1 heterocycles. The van der Waals surface area contributed by atoms with Crippen LogP contribution in [0.25, 0.3) is 0 Å². The van der Waals surface area contributed by atoms with E-state index in [1.54, 1.807) is 0 Å². The Morgan fingerprint density at radius 3 is 2.71 bits per heavy atom. The fourth-order valence-electron chi connectivity index (χ4n) is 1.88. The highest BCUT2D eigenvalue weighted by Crippen LogP contribution is 2.31. The fourth-order valence-corrected chi connectivity index (χ4v) is 1.88. The van der Waals surface area contributed by atoms with Crippen molar-refractivity contribution in [2.24, 2.45) is 0 Å². The fraction of sp³-hybridized carbons (Fsp3) is 0.455. The number of aliphatic hydroxyl groups is 1. The number of benzene rings is 1. The molecule has 0 amide bonds. The summed E-state index contributed by atoms with van der Waals surface area (Å²) in [7, 11) is 1.91. The minimum absolute atomic E-state index is 0.0507. The van der Waals surface area contributed by atoms with E-state index in [1.807, 2.05) is 30.3 Å². The number of nitrogens with zero attached hydrogens (tertiary/aromatic N) is 1. The van der Waals surface area contributed by atoms with Crippen molar-refractivity contribution in [3.63, 3.8) is 0 Å². The SMILES string of the molecule is CN1O[C@@H](CO)C[C@H]1c1ccccc1. The van der Waals surface area contributed by atoms with Crippen molar-refractivity contribution in [3.8, 4) is 0 Å². The third kappa shape index (κ3) is 1.80. The van der Waals surface area contributed by atoms with Crippen LogP contribution in [-0.2, 0) is 4.84 Å². The predicted molar refractivity (Wildman–Crippen MR) is 53.5 cm³/mol. The highest BCUT2D eigenvalue weighted by molar-refractivity contribution is 5.19. The average molecular weight is 193 g/mol. The van der Waals surface area contributed by atoms with Crippen molar-refractivity contribution in [2.45, 2.75) is 18.6 Å². The second kappa shape index (κ2) is 4.09. The third-order valence-corrected chi connectivity index (χ3v) is 2.63. The summed E-state index contributed by atoms with van der Waals surface area (Å²) in [5, 5.41) is 10.8. The molecular formula is C11H15NO2. The van der Waals surface area contributed by atoms with Gasteiger partial charge in [-0.1, -0.05) is 30.3 Å². The van der Waals surface area contributed by atoms with Crippen LogP contribution < -0.4 is 0 Å². The lowest BCUT2D eigenvalue weighted by Crippen LogP contribution is -2.17. The highest BCUT2D eigenvalue weighted by atomic mass is 16.7. The van der Waals surface area contributed by atoms with Gasteiger partial charge >= 0.3 is 0 Å². The lowest BCUT2D eigenvalue weighted by atomic mass is 10.0. The molecule has 1 aromatic rings. The number of aliphatic hydroxyl groups excluding tert-OH is 1. The minimum atomic E-state index is -0.0507. The number of hydroxylamine groups is 2. The van der Waals surface area contributed by atoms with Gasteiger partial charge in [-0.15, -0.1) is 0 Å². The van der Waals surface area contributed by atoms with Crippen LogP contribution in [0.4, 0.5) is 0 Å². The quantitative estimate of drug-likeness (QED) is 0.769. The zero-order chi connectivity index (χ0) is 9.97. The molecule has 2 atom stereocenters. The molecule has 1 aliphatic heterocycles. The maximum Gasteiger partial charge on any atom is 0.104 e. The Balaban J connectivity index is 2.13. The van der Waals surface area contributed by atoms with Gasteiger partial charge in [0.05, 0.1) is 12.6 Å². The largest absolute Gasteiger partial charge is 0.394 e. The topological polar surface area (TPSA) is 32.7 Å². The first-order valence-corrected chi connectivity index (χ1v) is 4.86. The van der Waals surface area contributed by atoms with Crippen LogP contribution in [0.1, 0.15) is 18.0 Å². The lowest BCUT2D eigenvalue weighted by molar-refractivity contribution is -0.153. The Labute approximate surface area is 83.9 Å². The maximum atomic E-state index is 9.00.